The number of hydrogen-bond donors (Lipinski definition) is 0. The summed E-state index contributed by atoms with van der Waals surface area (Å²) in [5, 5.41) is 0. The standard InChI is InChI=1S/C14H17ClO4S/c1-8-7-9(2)13(20(15,17)18)10(3)12(8)14(16)19-11-5-4-6-11/h7,11H,4-6H2,1-3H3. The highest BCUT2D eigenvalue weighted by Gasteiger charge is 2.27. The second-order valence-corrected chi connectivity index (χ2v) is 7.74. The lowest BCUT2D eigenvalue weighted by Crippen LogP contribution is -2.26. The SMILES string of the molecule is Cc1cc(C)c(S(=O)(=O)Cl)c(C)c1C(=O)OC1CCC1. The topological polar surface area (TPSA) is 60.4 Å². The molecule has 1 saturated carbocycles. The lowest BCUT2D eigenvalue weighted by Gasteiger charge is -2.26. The van der Waals surface area contributed by atoms with Crippen molar-refractivity contribution in [1.29, 1.82) is 0 Å². The molecule has 0 atom stereocenters. The van der Waals surface area contributed by atoms with Gasteiger partial charge in [0.2, 0.25) is 0 Å². The molecule has 0 heterocycles. The molecule has 1 aromatic carbocycles. The van der Waals surface area contributed by atoms with Crippen LogP contribution in [0.3, 0.4) is 0 Å². The van der Waals surface area contributed by atoms with E-state index in [1.54, 1.807) is 26.8 Å². The third-order valence-electron chi connectivity index (χ3n) is 3.67. The van der Waals surface area contributed by atoms with Crippen molar-refractivity contribution >= 4 is 25.7 Å². The predicted octanol–water partition coefficient (Wildman–Crippen LogP) is 3.25. The van der Waals surface area contributed by atoms with E-state index < -0.39 is 15.0 Å². The Balaban J connectivity index is 2.49. The van der Waals surface area contributed by atoms with Crippen LogP contribution in [0, 0.1) is 20.8 Å². The minimum atomic E-state index is -3.89. The van der Waals surface area contributed by atoms with Gasteiger partial charge in [-0.15, -0.1) is 0 Å². The minimum Gasteiger partial charge on any atom is -0.459 e. The molecule has 0 amide bonds. The Morgan fingerprint density at radius 3 is 2.30 bits per heavy atom. The highest BCUT2D eigenvalue weighted by molar-refractivity contribution is 8.13. The fourth-order valence-corrected chi connectivity index (χ4v) is 4.18. The monoisotopic (exact) mass is 316 g/mol. The molecule has 0 radical (unpaired) electrons. The van der Waals surface area contributed by atoms with Gasteiger partial charge >= 0.3 is 5.97 Å². The molecule has 1 aromatic rings. The first-order valence-corrected chi connectivity index (χ1v) is 8.79. The average molecular weight is 317 g/mol. The summed E-state index contributed by atoms with van der Waals surface area (Å²) in [4.78, 5) is 12.2. The molecule has 0 aromatic heterocycles. The fraction of sp³-hybridized carbons (Fsp3) is 0.500. The number of rotatable bonds is 3. The van der Waals surface area contributed by atoms with Crippen molar-refractivity contribution in [3.05, 3.63) is 28.3 Å². The Kier molecular flexibility index (Phi) is 4.12. The quantitative estimate of drug-likeness (QED) is 0.634. The van der Waals surface area contributed by atoms with Gasteiger partial charge in [-0.05, 0) is 56.7 Å². The molecule has 0 N–H and O–H groups in total. The maximum atomic E-state index is 12.2. The van der Waals surface area contributed by atoms with Gasteiger partial charge in [0.05, 0.1) is 10.5 Å². The molecule has 4 nitrogen and oxygen atoms in total. The molecule has 0 saturated heterocycles. The maximum absolute atomic E-state index is 12.2. The van der Waals surface area contributed by atoms with Crippen LogP contribution in [0.2, 0.25) is 0 Å². The number of ether oxygens (including phenoxy) is 1. The van der Waals surface area contributed by atoms with Crippen LogP contribution >= 0.6 is 10.7 Å². The maximum Gasteiger partial charge on any atom is 0.338 e. The van der Waals surface area contributed by atoms with Crippen molar-refractivity contribution in [3.8, 4) is 0 Å². The normalized spacial score (nSPS) is 15.8. The second-order valence-electron chi connectivity index (χ2n) is 5.24. The molecule has 6 heteroatoms. The minimum absolute atomic E-state index is 0.00493. The summed E-state index contributed by atoms with van der Waals surface area (Å²) < 4.78 is 28.7. The van der Waals surface area contributed by atoms with Crippen LogP contribution in [0.25, 0.3) is 0 Å². The Morgan fingerprint density at radius 2 is 1.85 bits per heavy atom. The van der Waals surface area contributed by atoms with Gasteiger partial charge in [0.25, 0.3) is 9.05 Å². The van der Waals surface area contributed by atoms with E-state index in [1.807, 2.05) is 0 Å². The smallest absolute Gasteiger partial charge is 0.338 e. The van der Waals surface area contributed by atoms with E-state index in [9.17, 15) is 13.2 Å². The van der Waals surface area contributed by atoms with Gasteiger partial charge in [0.15, 0.2) is 0 Å². The van der Waals surface area contributed by atoms with Gasteiger partial charge in [0, 0.05) is 10.7 Å². The summed E-state index contributed by atoms with van der Waals surface area (Å²) in [5.74, 6) is -0.466. The average Bonchev–Trinajstić information content (AvgIpc) is 2.20. The van der Waals surface area contributed by atoms with E-state index in [1.165, 1.54) is 0 Å². The number of hydrogen-bond acceptors (Lipinski definition) is 4. The molecule has 1 aliphatic carbocycles. The van der Waals surface area contributed by atoms with Crippen molar-refractivity contribution < 1.29 is 17.9 Å². The molecule has 1 fully saturated rings. The van der Waals surface area contributed by atoms with Gasteiger partial charge in [-0.3, -0.25) is 0 Å². The Hall–Kier alpha value is -1.07. The molecule has 0 bridgehead atoms. The van der Waals surface area contributed by atoms with Crippen LogP contribution in [-0.2, 0) is 13.8 Å². The molecule has 110 valence electrons. The third kappa shape index (κ3) is 2.83. The molecular formula is C14H17ClO4S. The van der Waals surface area contributed by atoms with Crippen LogP contribution in [0.5, 0.6) is 0 Å². The predicted molar refractivity (Wildman–Crippen MR) is 76.7 cm³/mol. The van der Waals surface area contributed by atoms with Gasteiger partial charge in [-0.25, -0.2) is 13.2 Å². The molecule has 0 spiro atoms. The highest BCUT2D eigenvalue weighted by Crippen LogP contribution is 2.31. The molecule has 20 heavy (non-hydrogen) atoms. The zero-order chi connectivity index (χ0) is 15.1. The molecule has 0 unspecified atom stereocenters. The molecule has 2 rings (SSSR count). The van der Waals surface area contributed by atoms with E-state index in [2.05, 4.69) is 0 Å². The summed E-state index contributed by atoms with van der Waals surface area (Å²) in [6, 6.07) is 1.65. The van der Waals surface area contributed by atoms with E-state index in [0.717, 1.165) is 19.3 Å². The van der Waals surface area contributed by atoms with E-state index in [4.69, 9.17) is 15.4 Å². The van der Waals surface area contributed by atoms with Crippen LogP contribution in [-0.4, -0.2) is 20.5 Å². The lowest BCUT2D eigenvalue weighted by molar-refractivity contribution is 0.00882. The third-order valence-corrected chi connectivity index (χ3v) is 5.25. The Bertz CT molecular complexity index is 660. The number of carbonyl (C=O) groups is 1. The van der Waals surface area contributed by atoms with Gasteiger partial charge < -0.3 is 4.74 Å². The number of esters is 1. The van der Waals surface area contributed by atoms with E-state index in [0.29, 0.717) is 22.3 Å². The van der Waals surface area contributed by atoms with Crippen LogP contribution in [0.4, 0.5) is 0 Å². The summed E-state index contributed by atoms with van der Waals surface area (Å²) in [6.07, 6.45) is 2.76. The molecular weight excluding hydrogens is 300 g/mol. The van der Waals surface area contributed by atoms with Crippen molar-refractivity contribution in [2.45, 2.75) is 51.0 Å². The first-order chi connectivity index (χ1) is 9.21. The van der Waals surface area contributed by atoms with E-state index >= 15 is 0 Å². The van der Waals surface area contributed by atoms with Gasteiger partial charge in [0.1, 0.15) is 6.10 Å². The number of halogens is 1. The zero-order valence-electron chi connectivity index (χ0n) is 11.7. The summed E-state index contributed by atoms with van der Waals surface area (Å²) >= 11 is 0. The highest BCUT2D eigenvalue weighted by atomic mass is 35.7. The molecule has 1 aliphatic rings. The summed E-state index contributed by atoms with van der Waals surface area (Å²) in [5.41, 5.74) is 1.91. The molecule has 0 aliphatic heterocycles. The van der Waals surface area contributed by atoms with E-state index in [-0.39, 0.29) is 11.0 Å². The van der Waals surface area contributed by atoms with Crippen LogP contribution < -0.4 is 0 Å². The van der Waals surface area contributed by atoms with Crippen molar-refractivity contribution in [2.75, 3.05) is 0 Å². The summed E-state index contributed by atoms with van der Waals surface area (Å²) in [6.45, 7) is 5.02. The number of carbonyl (C=O) groups excluding carboxylic acids is 1. The second kappa shape index (κ2) is 5.37. The van der Waals surface area contributed by atoms with Crippen molar-refractivity contribution in [3.63, 3.8) is 0 Å². The van der Waals surface area contributed by atoms with Crippen molar-refractivity contribution in [2.24, 2.45) is 0 Å². The largest absolute Gasteiger partial charge is 0.459 e. The van der Waals surface area contributed by atoms with Gasteiger partial charge in [-0.1, -0.05) is 6.07 Å². The first-order valence-electron chi connectivity index (χ1n) is 6.48. The number of aryl methyl sites for hydroxylation is 2. The van der Waals surface area contributed by atoms with Crippen molar-refractivity contribution in [1.82, 2.24) is 0 Å². The number of benzene rings is 1. The van der Waals surface area contributed by atoms with Crippen LogP contribution in [0.1, 0.15) is 46.3 Å². The Morgan fingerprint density at radius 1 is 1.25 bits per heavy atom. The fourth-order valence-electron chi connectivity index (χ4n) is 2.56. The zero-order valence-corrected chi connectivity index (χ0v) is 13.3. The Labute approximate surface area is 123 Å². The first kappa shape index (κ1) is 15.3. The van der Waals surface area contributed by atoms with Gasteiger partial charge in [-0.2, -0.15) is 0 Å². The summed E-state index contributed by atoms with van der Waals surface area (Å²) in [7, 11) is 1.57. The lowest BCUT2D eigenvalue weighted by atomic mass is 9.95. The van der Waals surface area contributed by atoms with Crippen LogP contribution in [0.15, 0.2) is 11.0 Å².